The number of hydrogen-bond acceptors (Lipinski definition) is 2. The molecule has 0 fully saturated rings. The molecule has 1 amide bonds. The second-order valence-corrected chi connectivity index (χ2v) is 4.85. The van der Waals surface area contributed by atoms with Crippen LogP contribution in [-0.4, -0.2) is 23.5 Å². The molecule has 4 heteroatoms. The van der Waals surface area contributed by atoms with E-state index in [4.69, 9.17) is 5.11 Å². The number of carboxylic acid groups (broad SMARTS) is 1. The average Bonchev–Trinajstić information content (AvgIpc) is 2.23. The molecule has 0 aliphatic carbocycles. The van der Waals surface area contributed by atoms with Crippen molar-refractivity contribution in [2.45, 2.75) is 47.0 Å². The smallest absolute Gasteiger partial charge is 0.310 e. The Morgan fingerprint density at radius 1 is 1.25 bits per heavy atom. The molecule has 0 atom stereocenters. The van der Waals surface area contributed by atoms with E-state index in [-0.39, 0.29) is 12.5 Å². The topological polar surface area (TPSA) is 66.4 Å². The summed E-state index contributed by atoms with van der Waals surface area (Å²) in [6.07, 6.45) is 2.45. The summed E-state index contributed by atoms with van der Waals surface area (Å²) < 4.78 is 0. The van der Waals surface area contributed by atoms with Gasteiger partial charge < -0.3 is 10.4 Å². The minimum atomic E-state index is -0.899. The normalized spacial score (nSPS) is 11.6. The summed E-state index contributed by atoms with van der Waals surface area (Å²) in [5.74, 6) is -0.550. The number of aliphatic carboxylic acids is 1. The van der Waals surface area contributed by atoms with Gasteiger partial charge in [-0.25, -0.2) is 0 Å². The van der Waals surface area contributed by atoms with Crippen molar-refractivity contribution < 1.29 is 14.7 Å². The lowest BCUT2D eigenvalue weighted by molar-refractivity contribution is -0.146. The standard InChI is InChI=1S/C12H23NO3/c1-5-9(6-2)7-10(14)13-8-12(3,4)11(15)16/h9H,5-8H2,1-4H3,(H,13,14)(H,15,16). The molecule has 16 heavy (non-hydrogen) atoms. The lowest BCUT2D eigenvalue weighted by atomic mass is 9.93. The summed E-state index contributed by atoms with van der Waals surface area (Å²) in [6, 6.07) is 0. The van der Waals surface area contributed by atoms with Gasteiger partial charge in [-0.2, -0.15) is 0 Å². The highest BCUT2D eigenvalue weighted by molar-refractivity contribution is 5.78. The highest BCUT2D eigenvalue weighted by Gasteiger charge is 2.27. The van der Waals surface area contributed by atoms with E-state index in [1.807, 2.05) is 0 Å². The molecule has 0 heterocycles. The van der Waals surface area contributed by atoms with Gasteiger partial charge in [-0.1, -0.05) is 26.7 Å². The van der Waals surface area contributed by atoms with Crippen LogP contribution in [0.5, 0.6) is 0 Å². The molecule has 94 valence electrons. The highest BCUT2D eigenvalue weighted by Crippen LogP contribution is 2.15. The molecule has 0 rings (SSSR count). The van der Waals surface area contributed by atoms with Crippen LogP contribution in [0, 0.1) is 11.3 Å². The van der Waals surface area contributed by atoms with Gasteiger partial charge in [0.25, 0.3) is 0 Å². The first-order valence-corrected chi connectivity index (χ1v) is 5.83. The second kappa shape index (κ2) is 6.51. The molecule has 0 spiro atoms. The van der Waals surface area contributed by atoms with Crippen LogP contribution in [-0.2, 0) is 9.59 Å². The molecule has 4 nitrogen and oxygen atoms in total. The average molecular weight is 229 g/mol. The third-order valence-electron chi connectivity index (χ3n) is 2.94. The SMILES string of the molecule is CCC(CC)CC(=O)NCC(C)(C)C(=O)O. The summed E-state index contributed by atoms with van der Waals surface area (Å²) in [6.45, 7) is 7.51. The Labute approximate surface area is 97.4 Å². The summed E-state index contributed by atoms with van der Waals surface area (Å²) in [5.41, 5.74) is -0.899. The minimum absolute atomic E-state index is 0.0528. The fourth-order valence-corrected chi connectivity index (χ4v) is 1.31. The Morgan fingerprint density at radius 2 is 1.75 bits per heavy atom. The number of carboxylic acids is 1. The lowest BCUT2D eigenvalue weighted by Gasteiger charge is -2.20. The Kier molecular flexibility index (Phi) is 6.08. The predicted octanol–water partition coefficient (Wildman–Crippen LogP) is 2.04. The molecule has 0 aromatic rings. The van der Waals surface area contributed by atoms with Gasteiger partial charge in [0.1, 0.15) is 0 Å². The first kappa shape index (κ1) is 14.9. The molecule has 0 aromatic carbocycles. The summed E-state index contributed by atoms with van der Waals surface area (Å²) >= 11 is 0. The molecule has 0 aliphatic rings. The molecular formula is C12H23NO3. The van der Waals surface area contributed by atoms with E-state index >= 15 is 0 Å². The number of carbonyl (C=O) groups excluding carboxylic acids is 1. The summed E-state index contributed by atoms with van der Waals surface area (Å²) in [5, 5.41) is 11.6. The van der Waals surface area contributed by atoms with Crippen molar-refractivity contribution >= 4 is 11.9 Å². The van der Waals surface area contributed by atoms with Crippen molar-refractivity contribution in [1.82, 2.24) is 5.32 Å². The number of hydrogen-bond donors (Lipinski definition) is 2. The Bertz CT molecular complexity index is 245. The molecular weight excluding hydrogens is 206 g/mol. The van der Waals surface area contributed by atoms with Crippen molar-refractivity contribution in [3.8, 4) is 0 Å². The van der Waals surface area contributed by atoms with Crippen molar-refractivity contribution in [2.75, 3.05) is 6.54 Å². The van der Waals surface area contributed by atoms with Crippen LogP contribution in [0.2, 0.25) is 0 Å². The zero-order valence-electron chi connectivity index (χ0n) is 10.7. The van der Waals surface area contributed by atoms with E-state index in [1.165, 1.54) is 0 Å². The first-order valence-electron chi connectivity index (χ1n) is 5.83. The van der Waals surface area contributed by atoms with E-state index in [9.17, 15) is 9.59 Å². The first-order chi connectivity index (χ1) is 7.33. The van der Waals surface area contributed by atoms with Crippen LogP contribution in [0.4, 0.5) is 0 Å². The van der Waals surface area contributed by atoms with Gasteiger partial charge in [0.2, 0.25) is 5.91 Å². The van der Waals surface area contributed by atoms with Gasteiger partial charge >= 0.3 is 5.97 Å². The van der Waals surface area contributed by atoms with Gasteiger partial charge in [-0.15, -0.1) is 0 Å². The van der Waals surface area contributed by atoms with E-state index < -0.39 is 11.4 Å². The fraction of sp³-hybridized carbons (Fsp3) is 0.833. The van der Waals surface area contributed by atoms with Gasteiger partial charge in [-0.3, -0.25) is 9.59 Å². The zero-order valence-corrected chi connectivity index (χ0v) is 10.7. The molecule has 0 radical (unpaired) electrons. The van der Waals surface area contributed by atoms with E-state index in [0.29, 0.717) is 12.3 Å². The van der Waals surface area contributed by atoms with Gasteiger partial charge in [0.15, 0.2) is 0 Å². The summed E-state index contributed by atoms with van der Waals surface area (Å²) in [7, 11) is 0. The van der Waals surface area contributed by atoms with Gasteiger partial charge in [0, 0.05) is 13.0 Å². The van der Waals surface area contributed by atoms with Crippen LogP contribution >= 0.6 is 0 Å². The van der Waals surface area contributed by atoms with Crippen LogP contribution in [0.1, 0.15) is 47.0 Å². The third-order valence-corrected chi connectivity index (χ3v) is 2.94. The Hall–Kier alpha value is -1.06. The van der Waals surface area contributed by atoms with Crippen LogP contribution in [0.15, 0.2) is 0 Å². The zero-order chi connectivity index (χ0) is 12.8. The molecule has 0 saturated carbocycles. The molecule has 0 aliphatic heterocycles. The minimum Gasteiger partial charge on any atom is -0.481 e. The van der Waals surface area contributed by atoms with Crippen LogP contribution in [0.25, 0.3) is 0 Å². The maximum atomic E-state index is 11.5. The monoisotopic (exact) mass is 229 g/mol. The van der Waals surface area contributed by atoms with Crippen molar-refractivity contribution in [3.05, 3.63) is 0 Å². The predicted molar refractivity (Wildman–Crippen MR) is 63.1 cm³/mol. The van der Waals surface area contributed by atoms with Crippen molar-refractivity contribution in [3.63, 3.8) is 0 Å². The summed E-state index contributed by atoms with van der Waals surface area (Å²) in [4.78, 5) is 22.4. The maximum Gasteiger partial charge on any atom is 0.310 e. The van der Waals surface area contributed by atoms with Crippen molar-refractivity contribution in [2.24, 2.45) is 11.3 Å². The number of rotatable bonds is 7. The molecule has 0 bridgehead atoms. The molecule has 0 unspecified atom stereocenters. The number of nitrogens with one attached hydrogen (secondary N) is 1. The van der Waals surface area contributed by atoms with Crippen LogP contribution in [0.3, 0.4) is 0 Å². The molecule has 0 aromatic heterocycles. The third kappa shape index (κ3) is 5.14. The maximum absolute atomic E-state index is 11.5. The molecule has 0 saturated heterocycles. The second-order valence-electron chi connectivity index (χ2n) is 4.85. The van der Waals surface area contributed by atoms with Gasteiger partial charge in [0.05, 0.1) is 5.41 Å². The van der Waals surface area contributed by atoms with Gasteiger partial charge in [-0.05, 0) is 19.8 Å². The van der Waals surface area contributed by atoms with E-state index in [2.05, 4.69) is 19.2 Å². The number of carbonyl (C=O) groups is 2. The van der Waals surface area contributed by atoms with Crippen LogP contribution < -0.4 is 5.32 Å². The van der Waals surface area contributed by atoms with Crippen molar-refractivity contribution in [1.29, 1.82) is 0 Å². The quantitative estimate of drug-likeness (QED) is 0.702. The largest absolute Gasteiger partial charge is 0.481 e. The highest BCUT2D eigenvalue weighted by atomic mass is 16.4. The van der Waals surface area contributed by atoms with E-state index in [0.717, 1.165) is 12.8 Å². The molecule has 2 N–H and O–H groups in total. The Morgan fingerprint density at radius 3 is 2.12 bits per heavy atom. The number of amides is 1. The lowest BCUT2D eigenvalue weighted by Crippen LogP contribution is -2.39. The Balaban J connectivity index is 4.03. The van der Waals surface area contributed by atoms with E-state index in [1.54, 1.807) is 13.8 Å². The fourth-order valence-electron chi connectivity index (χ4n) is 1.31.